The molecule has 1 N–H and O–H groups in total. The predicted molar refractivity (Wildman–Crippen MR) is 61.9 cm³/mol. The van der Waals surface area contributed by atoms with E-state index in [1.54, 1.807) is 6.20 Å². The first-order valence-electron chi connectivity index (χ1n) is 6.06. The summed E-state index contributed by atoms with van der Waals surface area (Å²) in [6.45, 7) is 0. The zero-order valence-corrected chi connectivity index (χ0v) is 10.3. The predicted octanol–water partition coefficient (Wildman–Crippen LogP) is 2.51. The fourth-order valence-electron chi connectivity index (χ4n) is 2.65. The van der Waals surface area contributed by atoms with Crippen molar-refractivity contribution in [2.45, 2.75) is 37.6 Å². The van der Waals surface area contributed by atoms with Gasteiger partial charge in [0.25, 0.3) is 0 Å². The topological polar surface area (TPSA) is 29.9 Å². The van der Waals surface area contributed by atoms with Crippen LogP contribution >= 0.6 is 0 Å². The van der Waals surface area contributed by atoms with E-state index in [0.717, 1.165) is 5.82 Å². The maximum atomic E-state index is 13.1. The Morgan fingerprint density at radius 2 is 2.12 bits per heavy atom. The second kappa shape index (κ2) is 4.72. The Hall–Kier alpha value is -0.970. The Morgan fingerprint density at radius 3 is 2.59 bits per heavy atom. The van der Waals surface area contributed by atoms with E-state index in [0.29, 0.717) is 12.8 Å². The molecule has 96 valence electrons. The average molecular weight is 243 g/mol. The molecular formula is C12H19F2N3. The molecule has 0 spiro atoms. The number of rotatable bonds is 3. The molecule has 0 saturated heterocycles. The highest BCUT2D eigenvalue weighted by molar-refractivity contribution is 5.02. The van der Waals surface area contributed by atoms with Crippen LogP contribution in [0.4, 0.5) is 8.78 Å². The fourth-order valence-corrected chi connectivity index (χ4v) is 2.65. The van der Waals surface area contributed by atoms with E-state index in [1.165, 1.54) is 0 Å². The average Bonchev–Trinajstić information content (AvgIpc) is 2.69. The Kier molecular flexibility index (Phi) is 3.47. The summed E-state index contributed by atoms with van der Waals surface area (Å²) in [5, 5.41) is 3.21. The third-order valence-electron chi connectivity index (χ3n) is 3.68. The van der Waals surface area contributed by atoms with Crippen molar-refractivity contribution in [1.82, 2.24) is 14.9 Å². The molecule has 1 aliphatic carbocycles. The standard InChI is InChI=1S/C12H19F2N3/c1-15-10(11-16-7-8-17(11)2)9-3-5-12(13,14)6-4-9/h7-10,15H,3-6H2,1-2H3. The quantitative estimate of drug-likeness (QED) is 0.884. The fraction of sp³-hybridized carbons (Fsp3) is 0.750. The van der Waals surface area contributed by atoms with E-state index < -0.39 is 5.92 Å². The molecular weight excluding hydrogens is 224 g/mol. The zero-order chi connectivity index (χ0) is 12.5. The number of aromatic nitrogens is 2. The second-order valence-corrected chi connectivity index (χ2v) is 4.86. The lowest BCUT2D eigenvalue weighted by Gasteiger charge is -2.33. The summed E-state index contributed by atoms with van der Waals surface area (Å²) in [5.74, 6) is -1.28. The largest absolute Gasteiger partial charge is 0.337 e. The highest BCUT2D eigenvalue weighted by Crippen LogP contribution is 2.40. The summed E-state index contributed by atoms with van der Waals surface area (Å²) in [5.41, 5.74) is 0. The molecule has 0 amide bonds. The number of nitrogens with zero attached hydrogens (tertiary/aromatic N) is 2. The van der Waals surface area contributed by atoms with Crippen LogP contribution in [0.15, 0.2) is 12.4 Å². The number of alkyl halides is 2. The summed E-state index contributed by atoms with van der Waals surface area (Å²) >= 11 is 0. The van der Waals surface area contributed by atoms with Crippen LogP contribution in [0.3, 0.4) is 0 Å². The molecule has 1 fully saturated rings. The maximum absolute atomic E-state index is 13.1. The van der Waals surface area contributed by atoms with Gasteiger partial charge in [-0.3, -0.25) is 0 Å². The third-order valence-corrected chi connectivity index (χ3v) is 3.68. The molecule has 1 aromatic heterocycles. The van der Waals surface area contributed by atoms with E-state index in [2.05, 4.69) is 10.3 Å². The van der Waals surface area contributed by atoms with Gasteiger partial charge in [0, 0.05) is 32.3 Å². The van der Waals surface area contributed by atoms with Gasteiger partial charge in [-0.05, 0) is 25.8 Å². The lowest BCUT2D eigenvalue weighted by molar-refractivity contribution is -0.0499. The van der Waals surface area contributed by atoms with Gasteiger partial charge in [-0.15, -0.1) is 0 Å². The summed E-state index contributed by atoms with van der Waals surface area (Å²) in [6, 6.07) is 0.0751. The van der Waals surface area contributed by atoms with Crippen molar-refractivity contribution in [1.29, 1.82) is 0 Å². The molecule has 1 aliphatic rings. The van der Waals surface area contributed by atoms with Gasteiger partial charge in [0.05, 0.1) is 6.04 Å². The lowest BCUT2D eigenvalue weighted by atomic mass is 9.81. The first kappa shape index (κ1) is 12.5. The van der Waals surface area contributed by atoms with E-state index in [4.69, 9.17) is 0 Å². The minimum absolute atomic E-state index is 0.000267. The van der Waals surface area contributed by atoms with Crippen LogP contribution < -0.4 is 5.32 Å². The molecule has 1 atom stereocenters. The Labute approximate surface area is 100 Å². The lowest BCUT2D eigenvalue weighted by Crippen LogP contribution is -2.33. The van der Waals surface area contributed by atoms with Crippen LogP contribution in [-0.4, -0.2) is 22.5 Å². The van der Waals surface area contributed by atoms with Crippen molar-refractivity contribution in [3.05, 3.63) is 18.2 Å². The molecule has 1 aromatic rings. The Balaban J connectivity index is 2.08. The monoisotopic (exact) mass is 243 g/mol. The van der Waals surface area contributed by atoms with Crippen LogP contribution in [0.2, 0.25) is 0 Å². The van der Waals surface area contributed by atoms with Crippen molar-refractivity contribution >= 4 is 0 Å². The Bertz CT molecular complexity index is 366. The molecule has 2 rings (SSSR count). The van der Waals surface area contributed by atoms with E-state index in [9.17, 15) is 8.78 Å². The molecule has 17 heavy (non-hydrogen) atoms. The van der Waals surface area contributed by atoms with Gasteiger partial charge in [0.1, 0.15) is 5.82 Å². The smallest absolute Gasteiger partial charge is 0.248 e. The van der Waals surface area contributed by atoms with Crippen LogP contribution in [0.25, 0.3) is 0 Å². The highest BCUT2D eigenvalue weighted by atomic mass is 19.3. The normalized spacial score (nSPS) is 22.6. The number of aryl methyl sites for hydroxylation is 1. The number of nitrogens with one attached hydrogen (secondary N) is 1. The number of hydrogen-bond donors (Lipinski definition) is 1. The van der Waals surface area contributed by atoms with Gasteiger partial charge in [0.2, 0.25) is 5.92 Å². The first-order valence-corrected chi connectivity index (χ1v) is 6.06. The highest BCUT2D eigenvalue weighted by Gasteiger charge is 2.38. The van der Waals surface area contributed by atoms with Gasteiger partial charge in [-0.1, -0.05) is 0 Å². The van der Waals surface area contributed by atoms with E-state index in [1.807, 2.05) is 24.9 Å². The Morgan fingerprint density at radius 1 is 1.47 bits per heavy atom. The maximum Gasteiger partial charge on any atom is 0.248 e. The number of imidazole rings is 1. The van der Waals surface area contributed by atoms with Gasteiger partial charge in [-0.2, -0.15) is 0 Å². The van der Waals surface area contributed by atoms with Crippen LogP contribution in [0.1, 0.15) is 37.5 Å². The minimum atomic E-state index is -2.46. The van der Waals surface area contributed by atoms with Crippen LogP contribution in [0, 0.1) is 5.92 Å². The van der Waals surface area contributed by atoms with Gasteiger partial charge in [-0.25, -0.2) is 13.8 Å². The SMILES string of the molecule is CNC(c1nccn1C)C1CCC(F)(F)CC1. The van der Waals surface area contributed by atoms with Gasteiger partial charge in [0.15, 0.2) is 0 Å². The van der Waals surface area contributed by atoms with Crippen LogP contribution in [0.5, 0.6) is 0 Å². The van der Waals surface area contributed by atoms with Gasteiger partial charge < -0.3 is 9.88 Å². The molecule has 3 nitrogen and oxygen atoms in total. The molecule has 0 bridgehead atoms. The van der Waals surface area contributed by atoms with Crippen molar-refractivity contribution in [2.75, 3.05) is 7.05 Å². The van der Waals surface area contributed by atoms with E-state index >= 15 is 0 Å². The molecule has 5 heteroatoms. The van der Waals surface area contributed by atoms with Crippen molar-refractivity contribution < 1.29 is 8.78 Å². The third kappa shape index (κ3) is 2.65. The molecule has 0 aliphatic heterocycles. The molecule has 1 heterocycles. The summed E-state index contributed by atoms with van der Waals surface area (Å²) in [4.78, 5) is 4.31. The molecule has 0 radical (unpaired) electrons. The second-order valence-electron chi connectivity index (χ2n) is 4.86. The summed E-state index contributed by atoms with van der Waals surface area (Å²) in [6.07, 6.45) is 4.76. The molecule has 1 unspecified atom stereocenters. The van der Waals surface area contributed by atoms with E-state index in [-0.39, 0.29) is 24.8 Å². The number of hydrogen-bond acceptors (Lipinski definition) is 2. The van der Waals surface area contributed by atoms with Crippen molar-refractivity contribution in [2.24, 2.45) is 13.0 Å². The first-order chi connectivity index (χ1) is 8.03. The van der Waals surface area contributed by atoms with Crippen molar-refractivity contribution in [3.8, 4) is 0 Å². The van der Waals surface area contributed by atoms with Gasteiger partial charge >= 0.3 is 0 Å². The van der Waals surface area contributed by atoms with Crippen LogP contribution in [-0.2, 0) is 7.05 Å². The minimum Gasteiger partial charge on any atom is -0.337 e. The number of halogens is 2. The molecule has 1 saturated carbocycles. The van der Waals surface area contributed by atoms with Crippen molar-refractivity contribution in [3.63, 3.8) is 0 Å². The summed E-state index contributed by atoms with van der Waals surface area (Å²) in [7, 11) is 3.80. The molecule has 0 aromatic carbocycles. The zero-order valence-electron chi connectivity index (χ0n) is 10.3. The summed E-state index contributed by atoms with van der Waals surface area (Å²) < 4.78 is 28.2.